The van der Waals surface area contributed by atoms with Gasteiger partial charge in [0.25, 0.3) is 0 Å². The van der Waals surface area contributed by atoms with Gasteiger partial charge in [0.1, 0.15) is 5.82 Å². The Bertz CT molecular complexity index is 470. The van der Waals surface area contributed by atoms with Crippen molar-refractivity contribution in [2.45, 2.75) is 45.1 Å². The lowest BCUT2D eigenvalue weighted by molar-refractivity contribution is 0.0696. The van der Waals surface area contributed by atoms with Gasteiger partial charge in [0.05, 0.1) is 12.2 Å². The number of aliphatic hydroxyl groups excluding tert-OH is 1. The summed E-state index contributed by atoms with van der Waals surface area (Å²) in [6, 6.07) is 3.54. The minimum atomic E-state index is -0.940. The topological polar surface area (TPSA) is 73.7 Å². The van der Waals surface area contributed by atoms with Crippen molar-refractivity contribution < 1.29 is 15.0 Å². The first kappa shape index (κ1) is 14.8. The molecule has 0 amide bonds. The van der Waals surface area contributed by atoms with Gasteiger partial charge in [0, 0.05) is 18.3 Å². The van der Waals surface area contributed by atoms with E-state index in [4.69, 9.17) is 5.11 Å². The van der Waals surface area contributed by atoms with Crippen molar-refractivity contribution in [1.29, 1.82) is 0 Å². The van der Waals surface area contributed by atoms with Crippen LogP contribution in [0.15, 0.2) is 12.1 Å². The van der Waals surface area contributed by atoms with Crippen LogP contribution < -0.4 is 4.90 Å². The highest BCUT2D eigenvalue weighted by Crippen LogP contribution is 2.27. The molecule has 0 bridgehead atoms. The molecular weight excluding hydrogens is 256 g/mol. The summed E-state index contributed by atoms with van der Waals surface area (Å²) in [5.41, 5.74) is 0.949. The van der Waals surface area contributed by atoms with Crippen LogP contribution >= 0.6 is 0 Å². The molecule has 5 nitrogen and oxygen atoms in total. The lowest BCUT2D eigenvalue weighted by atomic mass is 9.94. The van der Waals surface area contributed by atoms with E-state index in [2.05, 4.69) is 9.88 Å². The van der Waals surface area contributed by atoms with Crippen LogP contribution in [0.4, 0.5) is 5.82 Å². The molecule has 0 aliphatic heterocycles. The van der Waals surface area contributed by atoms with E-state index in [-0.39, 0.29) is 12.2 Å². The van der Waals surface area contributed by atoms with E-state index in [0.29, 0.717) is 24.1 Å². The van der Waals surface area contributed by atoms with Gasteiger partial charge >= 0.3 is 5.97 Å². The van der Waals surface area contributed by atoms with Crippen molar-refractivity contribution in [3.05, 3.63) is 23.4 Å². The fourth-order valence-corrected chi connectivity index (χ4v) is 2.91. The van der Waals surface area contributed by atoms with Crippen LogP contribution in [0.5, 0.6) is 0 Å². The van der Waals surface area contributed by atoms with Gasteiger partial charge in [0.2, 0.25) is 0 Å². The number of carboxylic acid groups (broad SMARTS) is 1. The molecule has 1 saturated carbocycles. The maximum atomic E-state index is 11.2. The molecule has 1 aromatic heterocycles. The highest BCUT2D eigenvalue weighted by Gasteiger charge is 2.23. The van der Waals surface area contributed by atoms with Gasteiger partial charge in [-0.3, -0.25) is 0 Å². The van der Waals surface area contributed by atoms with Gasteiger partial charge in [-0.25, -0.2) is 9.78 Å². The highest BCUT2D eigenvalue weighted by molar-refractivity contribution is 5.88. The number of carboxylic acids is 1. The smallest absolute Gasteiger partial charge is 0.335 e. The fourth-order valence-electron chi connectivity index (χ4n) is 2.91. The van der Waals surface area contributed by atoms with Gasteiger partial charge in [0.15, 0.2) is 0 Å². The Morgan fingerprint density at radius 3 is 2.65 bits per heavy atom. The number of pyridine rings is 1. The van der Waals surface area contributed by atoms with Crippen molar-refractivity contribution in [3.63, 3.8) is 0 Å². The molecule has 0 spiro atoms. The molecule has 0 aromatic carbocycles. The number of aromatic carboxylic acids is 1. The number of rotatable bonds is 5. The minimum absolute atomic E-state index is 0.0501. The van der Waals surface area contributed by atoms with Crippen LogP contribution in [0.1, 0.15) is 48.2 Å². The zero-order valence-electron chi connectivity index (χ0n) is 11.9. The number of aliphatic hydroxyl groups is 1. The third-order valence-corrected chi connectivity index (χ3v) is 3.84. The molecule has 0 atom stereocenters. The first-order valence-electron chi connectivity index (χ1n) is 7.21. The molecule has 20 heavy (non-hydrogen) atoms. The summed E-state index contributed by atoms with van der Waals surface area (Å²) in [6.45, 7) is 2.35. The molecule has 1 heterocycles. The lowest BCUT2D eigenvalue weighted by Gasteiger charge is -2.35. The number of carbonyl (C=O) groups is 1. The van der Waals surface area contributed by atoms with Crippen molar-refractivity contribution in [2.24, 2.45) is 0 Å². The number of aryl methyl sites for hydroxylation is 1. The Hall–Kier alpha value is -1.62. The number of hydrogen-bond acceptors (Lipinski definition) is 4. The Morgan fingerprint density at radius 1 is 1.35 bits per heavy atom. The normalized spacial score (nSPS) is 16.1. The summed E-state index contributed by atoms with van der Waals surface area (Å²) in [4.78, 5) is 17.7. The number of hydrogen-bond donors (Lipinski definition) is 2. The van der Waals surface area contributed by atoms with Gasteiger partial charge in [-0.05, 0) is 31.9 Å². The summed E-state index contributed by atoms with van der Waals surface area (Å²) in [7, 11) is 0. The molecule has 2 N–H and O–H groups in total. The zero-order valence-corrected chi connectivity index (χ0v) is 11.9. The molecule has 2 rings (SSSR count). The van der Waals surface area contributed by atoms with E-state index < -0.39 is 5.97 Å². The maximum absolute atomic E-state index is 11.2. The number of nitrogens with zero attached hydrogens (tertiary/aromatic N) is 2. The first-order chi connectivity index (χ1) is 9.61. The SMILES string of the molecule is Cc1cc(C(=O)O)cc(N(CCO)C2CCCCC2)n1. The molecule has 0 radical (unpaired) electrons. The molecule has 1 aliphatic rings. The van der Waals surface area contributed by atoms with Gasteiger partial charge in [-0.2, -0.15) is 0 Å². The van der Waals surface area contributed by atoms with Crippen molar-refractivity contribution in [3.8, 4) is 0 Å². The fraction of sp³-hybridized carbons (Fsp3) is 0.600. The van der Waals surface area contributed by atoms with E-state index in [0.717, 1.165) is 12.8 Å². The summed E-state index contributed by atoms with van der Waals surface area (Å²) >= 11 is 0. The van der Waals surface area contributed by atoms with Crippen LogP contribution in [-0.4, -0.2) is 40.4 Å². The van der Waals surface area contributed by atoms with Crippen molar-refractivity contribution in [2.75, 3.05) is 18.1 Å². The minimum Gasteiger partial charge on any atom is -0.478 e. The lowest BCUT2D eigenvalue weighted by Crippen LogP contribution is -2.39. The summed E-state index contributed by atoms with van der Waals surface area (Å²) in [6.07, 6.45) is 5.79. The molecule has 1 aliphatic carbocycles. The Kier molecular flexibility index (Phi) is 4.95. The third kappa shape index (κ3) is 3.48. The van der Waals surface area contributed by atoms with E-state index >= 15 is 0 Å². The average Bonchev–Trinajstić information content (AvgIpc) is 2.45. The van der Waals surface area contributed by atoms with E-state index in [1.165, 1.54) is 19.3 Å². The largest absolute Gasteiger partial charge is 0.478 e. The predicted octanol–water partition coefficient (Wildman–Crippen LogP) is 2.22. The summed E-state index contributed by atoms with van der Waals surface area (Å²) in [5.74, 6) is -0.271. The van der Waals surface area contributed by atoms with Crippen LogP contribution in [-0.2, 0) is 0 Å². The zero-order chi connectivity index (χ0) is 14.5. The molecule has 110 valence electrons. The predicted molar refractivity (Wildman–Crippen MR) is 77.2 cm³/mol. The van der Waals surface area contributed by atoms with Gasteiger partial charge in [-0.1, -0.05) is 19.3 Å². The average molecular weight is 278 g/mol. The van der Waals surface area contributed by atoms with Gasteiger partial charge < -0.3 is 15.1 Å². The van der Waals surface area contributed by atoms with Crippen LogP contribution in [0.25, 0.3) is 0 Å². The molecule has 1 fully saturated rings. The molecule has 1 aromatic rings. The van der Waals surface area contributed by atoms with E-state index in [1.807, 2.05) is 0 Å². The monoisotopic (exact) mass is 278 g/mol. The Labute approximate surface area is 119 Å². The Balaban J connectivity index is 2.30. The van der Waals surface area contributed by atoms with Crippen LogP contribution in [0, 0.1) is 6.92 Å². The van der Waals surface area contributed by atoms with Crippen LogP contribution in [0.3, 0.4) is 0 Å². The third-order valence-electron chi connectivity index (χ3n) is 3.84. The quantitative estimate of drug-likeness (QED) is 0.864. The van der Waals surface area contributed by atoms with E-state index in [1.54, 1.807) is 19.1 Å². The highest BCUT2D eigenvalue weighted by atomic mass is 16.4. The molecule has 0 unspecified atom stereocenters. The summed E-state index contributed by atoms with van der Waals surface area (Å²) < 4.78 is 0. The second kappa shape index (κ2) is 6.70. The second-order valence-electron chi connectivity index (χ2n) is 5.37. The number of aromatic nitrogens is 1. The standard InChI is InChI=1S/C15H22N2O3/c1-11-9-12(15(19)20)10-14(16-11)17(7-8-18)13-5-3-2-4-6-13/h9-10,13,18H,2-8H2,1H3,(H,19,20). The van der Waals surface area contributed by atoms with Crippen molar-refractivity contribution >= 4 is 11.8 Å². The number of anilines is 1. The van der Waals surface area contributed by atoms with E-state index in [9.17, 15) is 9.90 Å². The maximum Gasteiger partial charge on any atom is 0.335 e. The molecule has 0 saturated heterocycles. The second-order valence-corrected chi connectivity index (χ2v) is 5.37. The first-order valence-corrected chi connectivity index (χ1v) is 7.21. The molecular formula is C15H22N2O3. The van der Waals surface area contributed by atoms with Gasteiger partial charge in [-0.15, -0.1) is 0 Å². The van der Waals surface area contributed by atoms with Crippen LogP contribution in [0.2, 0.25) is 0 Å². The Morgan fingerprint density at radius 2 is 2.05 bits per heavy atom. The van der Waals surface area contributed by atoms with Crippen molar-refractivity contribution in [1.82, 2.24) is 4.98 Å². The molecule has 5 heteroatoms. The summed E-state index contributed by atoms with van der Waals surface area (Å²) in [5, 5.41) is 18.5.